The minimum Gasteiger partial charge on any atom is -0.293 e. The highest BCUT2D eigenvalue weighted by molar-refractivity contribution is 5.77. The predicted octanol–water partition coefficient (Wildman–Crippen LogP) is 4.90. The Morgan fingerprint density at radius 3 is 2.25 bits per heavy atom. The molecule has 3 nitrogen and oxygen atoms in total. The lowest BCUT2D eigenvalue weighted by molar-refractivity contribution is 0.547. The number of fused-ring (bicyclic) bond motifs is 1. The molecule has 3 aromatic rings. The van der Waals surface area contributed by atoms with Gasteiger partial charge in [0.1, 0.15) is 5.82 Å². The van der Waals surface area contributed by atoms with Crippen LogP contribution in [0.1, 0.15) is 50.7 Å². The number of hydrogen-bond donors (Lipinski definition) is 0. The number of aromatic nitrogens is 2. The molecule has 3 rings (SSSR count). The van der Waals surface area contributed by atoms with Crippen molar-refractivity contribution in [3.05, 3.63) is 75.8 Å². The van der Waals surface area contributed by atoms with Crippen LogP contribution < -0.4 is 5.56 Å². The van der Waals surface area contributed by atoms with Crippen molar-refractivity contribution in [1.29, 1.82) is 0 Å². The molecule has 0 N–H and O–H groups in total. The lowest BCUT2D eigenvalue weighted by Gasteiger charge is -2.16. The first kappa shape index (κ1) is 17.9. The summed E-state index contributed by atoms with van der Waals surface area (Å²) in [6, 6.07) is 16.0. The van der Waals surface area contributed by atoms with Crippen LogP contribution in [-0.4, -0.2) is 9.55 Å². The Morgan fingerprint density at radius 2 is 1.62 bits per heavy atom. The van der Waals surface area contributed by atoms with Crippen molar-refractivity contribution >= 4 is 10.9 Å². The summed E-state index contributed by atoms with van der Waals surface area (Å²) >= 11 is 0. The number of benzene rings is 2. The third kappa shape index (κ3) is 3.73. The average Bonchev–Trinajstić information content (AvgIpc) is 2.58. The second-order valence-electron chi connectivity index (χ2n) is 5.98. The Morgan fingerprint density at radius 1 is 1.00 bits per heavy atom. The zero-order valence-corrected chi connectivity index (χ0v) is 15.2. The third-order valence-corrected chi connectivity index (χ3v) is 3.88. The molecule has 0 aliphatic heterocycles. The summed E-state index contributed by atoms with van der Waals surface area (Å²) in [5.74, 6) is 0.822. The largest absolute Gasteiger partial charge is 0.293 e. The van der Waals surface area contributed by atoms with Crippen LogP contribution in [0, 0.1) is 6.92 Å². The summed E-state index contributed by atoms with van der Waals surface area (Å²) in [5, 5.41) is 0.684. The lowest BCUT2D eigenvalue weighted by atomic mass is 10.1. The molecular formula is C21H26N2O. The van der Waals surface area contributed by atoms with Gasteiger partial charge in [-0.1, -0.05) is 55.8 Å². The molecule has 0 unspecified atom stereocenters. The zero-order chi connectivity index (χ0) is 17.7. The van der Waals surface area contributed by atoms with E-state index in [4.69, 9.17) is 4.98 Å². The van der Waals surface area contributed by atoms with Gasteiger partial charge in [-0.25, -0.2) is 4.98 Å². The first-order valence-corrected chi connectivity index (χ1v) is 8.62. The number of hydrogen-bond acceptors (Lipinski definition) is 2. The molecular weight excluding hydrogens is 296 g/mol. The topological polar surface area (TPSA) is 34.9 Å². The van der Waals surface area contributed by atoms with Gasteiger partial charge in [0.25, 0.3) is 5.56 Å². The standard InChI is InChI=1S/C19H20N2O.C2H6/c1-13(2)21-18(12-15-10-8-14(3)9-11-15)20-17-7-5-4-6-16(17)19(21)22;1-2/h4-11,13H,12H2,1-3H3;1-2H3. The number of aryl methyl sites for hydroxylation is 1. The van der Waals surface area contributed by atoms with Crippen LogP contribution in [0.5, 0.6) is 0 Å². The predicted molar refractivity (Wildman–Crippen MR) is 102 cm³/mol. The molecule has 0 fully saturated rings. The summed E-state index contributed by atoms with van der Waals surface area (Å²) < 4.78 is 1.81. The van der Waals surface area contributed by atoms with Crippen LogP contribution in [0.3, 0.4) is 0 Å². The van der Waals surface area contributed by atoms with Crippen LogP contribution in [0.4, 0.5) is 0 Å². The van der Waals surface area contributed by atoms with Crippen molar-refractivity contribution in [2.24, 2.45) is 0 Å². The Hall–Kier alpha value is -2.42. The molecule has 0 atom stereocenters. The van der Waals surface area contributed by atoms with Crippen LogP contribution in [0.15, 0.2) is 53.3 Å². The highest BCUT2D eigenvalue weighted by atomic mass is 16.1. The van der Waals surface area contributed by atoms with E-state index in [1.165, 1.54) is 11.1 Å². The number of para-hydroxylation sites is 1. The van der Waals surface area contributed by atoms with Crippen molar-refractivity contribution in [2.75, 3.05) is 0 Å². The van der Waals surface area contributed by atoms with Crippen LogP contribution in [0.25, 0.3) is 10.9 Å². The summed E-state index contributed by atoms with van der Waals surface area (Å²) in [5.41, 5.74) is 3.22. The Kier molecular flexibility index (Phi) is 5.91. The molecule has 0 amide bonds. The third-order valence-electron chi connectivity index (χ3n) is 3.88. The summed E-state index contributed by atoms with van der Waals surface area (Å²) in [6.07, 6.45) is 0.665. The number of nitrogens with zero attached hydrogens (tertiary/aromatic N) is 2. The van der Waals surface area contributed by atoms with Gasteiger partial charge in [-0.05, 0) is 38.5 Å². The van der Waals surface area contributed by atoms with Crippen molar-refractivity contribution in [3.8, 4) is 0 Å². The molecule has 3 heteroatoms. The molecule has 0 saturated heterocycles. The molecule has 2 aromatic carbocycles. The highest BCUT2D eigenvalue weighted by Crippen LogP contribution is 2.15. The smallest absolute Gasteiger partial charge is 0.261 e. The van der Waals surface area contributed by atoms with Gasteiger partial charge in [-0.3, -0.25) is 9.36 Å². The molecule has 0 saturated carbocycles. The maximum atomic E-state index is 12.8. The SMILES string of the molecule is CC.Cc1ccc(Cc2nc3ccccc3c(=O)n2C(C)C)cc1. The van der Waals surface area contributed by atoms with Gasteiger partial charge in [-0.15, -0.1) is 0 Å². The summed E-state index contributed by atoms with van der Waals surface area (Å²) in [4.78, 5) is 17.5. The first-order chi connectivity index (χ1) is 11.6. The van der Waals surface area contributed by atoms with E-state index < -0.39 is 0 Å². The summed E-state index contributed by atoms with van der Waals surface area (Å²) in [6.45, 7) is 10.1. The van der Waals surface area contributed by atoms with E-state index in [9.17, 15) is 4.79 Å². The van der Waals surface area contributed by atoms with Gasteiger partial charge < -0.3 is 0 Å². The van der Waals surface area contributed by atoms with Crippen LogP contribution in [-0.2, 0) is 6.42 Å². The van der Waals surface area contributed by atoms with Gasteiger partial charge in [0.05, 0.1) is 10.9 Å². The Labute approximate surface area is 144 Å². The summed E-state index contributed by atoms with van der Waals surface area (Å²) in [7, 11) is 0. The molecule has 24 heavy (non-hydrogen) atoms. The number of rotatable bonds is 3. The quantitative estimate of drug-likeness (QED) is 0.687. The highest BCUT2D eigenvalue weighted by Gasteiger charge is 2.13. The van der Waals surface area contributed by atoms with Gasteiger partial charge in [0.2, 0.25) is 0 Å². The molecule has 0 aliphatic rings. The van der Waals surface area contributed by atoms with Crippen LogP contribution in [0.2, 0.25) is 0 Å². The van der Waals surface area contributed by atoms with Gasteiger partial charge >= 0.3 is 0 Å². The maximum Gasteiger partial charge on any atom is 0.261 e. The van der Waals surface area contributed by atoms with Crippen molar-refractivity contribution in [3.63, 3.8) is 0 Å². The molecule has 0 spiro atoms. The molecule has 0 radical (unpaired) electrons. The van der Waals surface area contributed by atoms with Crippen molar-refractivity contribution in [1.82, 2.24) is 9.55 Å². The fourth-order valence-corrected chi connectivity index (χ4v) is 2.74. The van der Waals surface area contributed by atoms with Gasteiger partial charge in [0, 0.05) is 12.5 Å². The molecule has 126 valence electrons. The normalized spacial score (nSPS) is 10.6. The molecule has 1 heterocycles. The van der Waals surface area contributed by atoms with Crippen molar-refractivity contribution < 1.29 is 0 Å². The fourth-order valence-electron chi connectivity index (χ4n) is 2.74. The minimum atomic E-state index is 0.0442. The van der Waals surface area contributed by atoms with Gasteiger partial charge in [0.15, 0.2) is 0 Å². The Balaban J connectivity index is 0.00000100. The fraction of sp³-hybridized carbons (Fsp3) is 0.333. The Bertz CT molecular complexity index is 861. The van der Waals surface area contributed by atoms with E-state index >= 15 is 0 Å². The molecule has 1 aromatic heterocycles. The second kappa shape index (κ2) is 7.91. The van der Waals surface area contributed by atoms with E-state index in [-0.39, 0.29) is 11.6 Å². The van der Waals surface area contributed by atoms with E-state index in [1.54, 1.807) is 0 Å². The minimum absolute atomic E-state index is 0.0442. The van der Waals surface area contributed by atoms with E-state index in [0.29, 0.717) is 11.8 Å². The average molecular weight is 322 g/mol. The molecule has 0 aliphatic carbocycles. The van der Waals surface area contributed by atoms with E-state index in [1.807, 2.05) is 56.5 Å². The lowest BCUT2D eigenvalue weighted by Crippen LogP contribution is -2.27. The van der Waals surface area contributed by atoms with E-state index in [0.717, 1.165) is 11.3 Å². The molecule has 0 bridgehead atoms. The van der Waals surface area contributed by atoms with E-state index in [2.05, 4.69) is 31.2 Å². The van der Waals surface area contributed by atoms with Crippen LogP contribution >= 0.6 is 0 Å². The van der Waals surface area contributed by atoms with Gasteiger partial charge in [-0.2, -0.15) is 0 Å². The monoisotopic (exact) mass is 322 g/mol. The zero-order valence-electron chi connectivity index (χ0n) is 15.2. The first-order valence-electron chi connectivity index (χ1n) is 8.62. The maximum absolute atomic E-state index is 12.8. The van der Waals surface area contributed by atoms with Crippen molar-refractivity contribution in [2.45, 2.75) is 47.1 Å². The second-order valence-corrected chi connectivity index (χ2v) is 5.98.